The monoisotopic (exact) mass is 357 g/mol. The van der Waals surface area contributed by atoms with Crippen LogP contribution >= 0.6 is 15.9 Å². The molecule has 5 nitrogen and oxygen atoms in total. The van der Waals surface area contributed by atoms with Crippen molar-refractivity contribution < 1.29 is 4.74 Å². The molecule has 0 amide bonds. The van der Waals surface area contributed by atoms with Gasteiger partial charge in [-0.05, 0) is 46.5 Å². The van der Waals surface area contributed by atoms with Crippen molar-refractivity contribution in [1.82, 2.24) is 9.78 Å². The van der Waals surface area contributed by atoms with Gasteiger partial charge in [0.2, 0.25) is 0 Å². The summed E-state index contributed by atoms with van der Waals surface area (Å²) in [5.74, 6) is 0.393. The number of rotatable bonds is 8. The average Bonchev–Trinajstić information content (AvgIpc) is 3.21. The minimum Gasteiger partial charge on any atom is -0.385 e. The highest BCUT2D eigenvalue weighted by Crippen LogP contribution is 2.48. The maximum absolute atomic E-state index is 12.2. The summed E-state index contributed by atoms with van der Waals surface area (Å²) in [7, 11) is 1.73. The Hall–Kier alpha value is -0.880. The lowest BCUT2D eigenvalue weighted by Crippen LogP contribution is -2.27. The first-order chi connectivity index (χ1) is 9.97. The maximum Gasteiger partial charge on any atom is 0.283 e. The third-order valence-corrected chi connectivity index (χ3v) is 4.74. The molecule has 6 heteroatoms. The molecule has 2 rings (SSSR count). The molecule has 118 valence electrons. The van der Waals surface area contributed by atoms with Crippen LogP contribution in [0, 0.1) is 11.3 Å². The second-order valence-corrected chi connectivity index (χ2v) is 7.14. The fourth-order valence-electron chi connectivity index (χ4n) is 2.36. The van der Waals surface area contributed by atoms with E-state index in [0.29, 0.717) is 22.4 Å². The molecule has 0 aromatic carbocycles. The highest BCUT2D eigenvalue weighted by atomic mass is 79.9. The van der Waals surface area contributed by atoms with E-state index in [9.17, 15) is 4.79 Å². The average molecular weight is 358 g/mol. The number of nitrogens with zero attached hydrogens (tertiary/aromatic N) is 2. The summed E-state index contributed by atoms with van der Waals surface area (Å²) >= 11 is 3.40. The standard InChI is InChI=1S/C15H24BrN3O2/c1-11(2)9-19-14(20)13(16)12(8-18-19)17-10-15(4-5-15)6-7-21-3/h8,11,17H,4-7,9-10H2,1-3H3. The van der Waals surface area contributed by atoms with Crippen molar-refractivity contribution in [2.45, 2.75) is 39.7 Å². The summed E-state index contributed by atoms with van der Waals surface area (Å²) in [6.07, 6.45) is 5.24. The van der Waals surface area contributed by atoms with Crippen molar-refractivity contribution in [2.24, 2.45) is 11.3 Å². The van der Waals surface area contributed by atoms with Gasteiger partial charge in [0.05, 0.1) is 11.9 Å². The molecule has 21 heavy (non-hydrogen) atoms. The summed E-state index contributed by atoms with van der Waals surface area (Å²) in [6, 6.07) is 0. The van der Waals surface area contributed by atoms with Gasteiger partial charge in [-0.1, -0.05) is 13.8 Å². The van der Waals surface area contributed by atoms with Crippen molar-refractivity contribution in [1.29, 1.82) is 0 Å². The molecule has 0 unspecified atom stereocenters. The van der Waals surface area contributed by atoms with Crippen LogP contribution in [-0.2, 0) is 11.3 Å². The van der Waals surface area contributed by atoms with Gasteiger partial charge in [0, 0.05) is 26.8 Å². The molecule has 1 aliphatic rings. The molecule has 0 aliphatic heterocycles. The lowest BCUT2D eigenvalue weighted by molar-refractivity contribution is 0.175. The van der Waals surface area contributed by atoms with E-state index in [1.165, 1.54) is 17.5 Å². The quantitative estimate of drug-likeness (QED) is 0.776. The van der Waals surface area contributed by atoms with Crippen LogP contribution in [-0.4, -0.2) is 30.0 Å². The summed E-state index contributed by atoms with van der Waals surface area (Å²) < 4.78 is 7.24. The van der Waals surface area contributed by atoms with Crippen molar-refractivity contribution in [2.75, 3.05) is 25.6 Å². The van der Waals surface area contributed by atoms with Gasteiger partial charge in [-0.25, -0.2) is 4.68 Å². The van der Waals surface area contributed by atoms with E-state index < -0.39 is 0 Å². The zero-order valence-corrected chi connectivity index (χ0v) is 14.6. The number of nitrogens with one attached hydrogen (secondary N) is 1. The van der Waals surface area contributed by atoms with Crippen LogP contribution in [0.2, 0.25) is 0 Å². The van der Waals surface area contributed by atoms with Crippen LogP contribution in [0.15, 0.2) is 15.5 Å². The third kappa shape index (κ3) is 4.30. The van der Waals surface area contributed by atoms with Gasteiger partial charge in [-0.2, -0.15) is 5.10 Å². The SMILES string of the molecule is COCCC1(CNc2cnn(CC(C)C)c(=O)c2Br)CC1. The second-order valence-electron chi connectivity index (χ2n) is 6.35. The summed E-state index contributed by atoms with van der Waals surface area (Å²) in [6.45, 7) is 6.43. The van der Waals surface area contributed by atoms with Gasteiger partial charge >= 0.3 is 0 Å². The van der Waals surface area contributed by atoms with Gasteiger partial charge < -0.3 is 10.1 Å². The zero-order chi connectivity index (χ0) is 15.5. The van der Waals surface area contributed by atoms with Crippen molar-refractivity contribution in [3.05, 3.63) is 21.0 Å². The number of anilines is 1. The van der Waals surface area contributed by atoms with E-state index in [1.54, 1.807) is 13.3 Å². The predicted molar refractivity (Wildman–Crippen MR) is 87.7 cm³/mol. The van der Waals surface area contributed by atoms with Crippen LogP contribution in [0.25, 0.3) is 0 Å². The Morgan fingerprint density at radius 2 is 2.24 bits per heavy atom. The molecule has 1 heterocycles. The summed E-state index contributed by atoms with van der Waals surface area (Å²) in [5.41, 5.74) is 1.04. The fraction of sp³-hybridized carbons (Fsp3) is 0.733. The van der Waals surface area contributed by atoms with Gasteiger partial charge in [0.25, 0.3) is 5.56 Å². The first-order valence-electron chi connectivity index (χ1n) is 7.46. The smallest absolute Gasteiger partial charge is 0.283 e. The normalized spacial score (nSPS) is 16.2. The van der Waals surface area contributed by atoms with Gasteiger partial charge in [0.15, 0.2) is 0 Å². The Morgan fingerprint density at radius 3 is 2.81 bits per heavy atom. The van der Waals surface area contributed by atoms with Crippen LogP contribution in [0.4, 0.5) is 5.69 Å². The molecule has 0 bridgehead atoms. The largest absolute Gasteiger partial charge is 0.385 e. The van der Waals surface area contributed by atoms with E-state index >= 15 is 0 Å². The Bertz CT molecular complexity index is 538. The number of hydrogen-bond donors (Lipinski definition) is 1. The molecule has 1 saturated carbocycles. The molecule has 1 N–H and O–H groups in total. The molecule has 1 aliphatic carbocycles. The van der Waals surface area contributed by atoms with E-state index in [0.717, 1.165) is 25.3 Å². The Morgan fingerprint density at radius 1 is 1.52 bits per heavy atom. The lowest BCUT2D eigenvalue weighted by atomic mass is 10.0. The van der Waals surface area contributed by atoms with E-state index in [-0.39, 0.29) is 5.56 Å². The van der Waals surface area contributed by atoms with E-state index in [4.69, 9.17) is 4.74 Å². The van der Waals surface area contributed by atoms with E-state index in [1.807, 2.05) is 0 Å². The fourth-order valence-corrected chi connectivity index (χ4v) is 2.80. The Labute approximate surface area is 134 Å². The molecule has 1 fully saturated rings. The number of halogens is 1. The zero-order valence-electron chi connectivity index (χ0n) is 13.0. The molecule has 1 aromatic rings. The molecule has 1 aromatic heterocycles. The maximum atomic E-state index is 12.2. The van der Waals surface area contributed by atoms with Crippen LogP contribution in [0.1, 0.15) is 33.1 Å². The van der Waals surface area contributed by atoms with Crippen LogP contribution < -0.4 is 10.9 Å². The van der Waals surface area contributed by atoms with Gasteiger partial charge in [0.1, 0.15) is 4.47 Å². The molecule has 0 saturated heterocycles. The summed E-state index contributed by atoms with van der Waals surface area (Å²) in [4.78, 5) is 12.2. The molecular formula is C15H24BrN3O2. The number of hydrogen-bond acceptors (Lipinski definition) is 4. The highest BCUT2D eigenvalue weighted by Gasteiger charge is 2.41. The van der Waals surface area contributed by atoms with Crippen LogP contribution in [0.5, 0.6) is 0 Å². The number of methoxy groups -OCH3 is 1. The third-order valence-electron chi connectivity index (χ3n) is 3.97. The minimum absolute atomic E-state index is 0.0737. The molecular weight excluding hydrogens is 334 g/mol. The number of aromatic nitrogens is 2. The Kier molecular flexibility index (Phi) is 5.43. The first kappa shape index (κ1) is 16.5. The molecule has 0 atom stereocenters. The minimum atomic E-state index is -0.0737. The van der Waals surface area contributed by atoms with Crippen molar-refractivity contribution in [3.63, 3.8) is 0 Å². The van der Waals surface area contributed by atoms with Crippen LogP contribution in [0.3, 0.4) is 0 Å². The van der Waals surface area contributed by atoms with Gasteiger partial charge in [-0.3, -0.25) is 4.79 Å². The lowest BCUT2D eigenvalue weighted by Gasteiger charge is -2.17. The van der Waals surface area contributed by atoms with Gasteiger partial charge in [-0.15, -0.1) is 0 Å². The Balaban J connectivity index is 2.01. The molecule has 0 spiro atoms. The second kappa shape index (κ2) is 6.92. The topological polar surface area (TPSA) is 56.1 Å². The number of ether oxygens (including phenoxy) is 1. The summed E-state index contributed by atoms with van der Waals surface area (Å²) in [5, 5.41) is 7.62. The highest BCUT2D eigenvalue weighted by molar-refractivity contribution is 9.10. The molecule has 0 radical (unpaired) electrons. The first-order valence-corrected chi connectivity index (χ1v) is 8.25. The van der Waals surface area contributed by atoms with E-state index in [2.05, 4.69) is 40.2 Å². The van der Waals surface area contributed by atoms with Crippen molar-refractivity contribution in [3.8, 4) is 0 Å². The predicted octanol–water partition coefficient (Wildman–Crippen LogP) is 2.89. The van der Waals surface area contributed by atoms with Crippen molar-refractivity contribution >= 4 is 21.6 Å².